The minimum atomic E-state index is 0.687. The molecule has 0 aliphatic heterocycles. The quantitative estimate of drug-likeness (QED) is 0.649. The van der Waals surface area contributed by atoms with Gasteiger partial charge in [0.05, 0.1) is 10.2 Å². The van der Waals surface area contributed by atoms with Crippen LogP contribution < -0.4 is 0 Å². The Morgan fingerprint density at radius 2 is 2.06 bits per heavy atom. The van der Waals surface area contributed by atoms with Gasteiger partial charge in [-0.3, -0.25) is 4.79 Å². The van der Waals surface area contributed by atoms with Crippen LogP contribution in [0.4, 0.5) is 0 Å². The fourth-order valence-electron chi connectivity index (χ4n) is 1.76. The van der Waals surface area contributed by atoms with Gasteiger partial charge in [0.1, 0.15) is 11.3 Å². The minimum Gasteiger partial charge on any atom is -0.298 e. The van der Waals surface area contributed by atoms with E-state index in [1.807, 2.05) is 36.4 Å². The van der Waals surface area contributed by atoms with Gasteiger partial charge in [-0.1, -0.05) is 28.1 Å². The molecule has 18 heavy (non-hydrogen) atoms. The van der Waals surface area contributed by atoms with Gasteiger partial charge < -0.3 is 0 Å². The highest BCUT2D eigenvalue weighted by Crippen LogP contribution is 2.31. The number of nitrogens with zero attached hydrogens (tertiary/aromatic N) is 1. The van der Waals surface area contributed by atoms with Crippen LogP contribution in [0.3, 0.4) is 0 Å². The zero-order chi connectivity index (χ0) is 12.5. The fourth-order valence-corrected chi connectivity index (χ4v) is 3.17. The number of hydrogen-bond donors (Lipinski definition) is 0. The van der Waals surface area contributed by atoms with Crippen LogP contribution in [-0.2, 0) is 0 Å². The Balaban J connectivity index is 2.16. The molecule has 4 heteroatoms. The van der Waals surface area contributed by atoms with Gasteiger partial charge in [0.25, 0.3) is 0 Å². The lowest BCUT2D eigenvalue weighted by molar-refractivity contribution is 0.112. The lowest BCUT2D eigenvalue weighted by Gasteiger charge is -1.95. The van der Waals surface area contributed by atoms with Crippen LogP contribution in [0.1, 0.15) is 10.4 Å². The third-order valence-electron chi connectivity index (χ3n) is 2.62. The Bertz CT molecular complexity index is 735. The Kier molecular flexibility index (Phi) is 2.97. The molecule has 2 nitrogen and oxygen atoms in total. The molecule has 0 bridgehead atoms. The van der Waals surface area contributed by atoms with E-state index in [-0.39, 0.29) is 0 Å². The molecule has 2 aromatic carbocycles. The zero-order valence-electron chi connectivity index (χ0n) is 9.26. The van der Waals surface area contributed by atoms with Crippen LogP contribution in [0, 0.1) is 0 Å². The van der Waals surface area contributed by atoms with Gasteiger partial charge in [-0.15, -0.1) is 11.3 Å². The highest BCUT2D eigenvalue weighted by Gasteiger charge is 2.07. The molecule has 0 radical (unpaired) electrons. The average molecular weight is 318 g/mol. The van der Waals surface area contributed by atoms with Gasteiger partial charge in [0.2, 0.25) is 0 Å². The van der Waals surface area contributed by atoms with Crippen LogP contribution in [0.2, 0.25) is 0 Å². The van der Waals surface area contributed by atoms with E-state index in [0.29, 0.717) is 5.56 Å². The van der Waals surface area contributed by atoms with Crippen molar-refractivity contribution in [2.75, 3.05) is 0 Å². The molecule has 0 fully saturated rings. The lowest BCUT2D eigenvalue weighted by atomic mass is 10.2. The Morgan fingerprint density at radius 3 is 2.83 bits per heavy atom. The summed E-state index contributed by atoms with van der Waals surface area (Å²) in [6, 6.07) is 13.6. The van der Waals surface area contributed by atoms with Crippen LogP contribution in [0.15, 0.2) is 46.9 Å². The molecule has 0 saturated heterocycles. The molecule has 0 atom stereocenters. The van der Waals surface area contributed by atoms with Gasteiger partial charge in [-0.05, 0) is 30.3 Å². The van der Waals surface area contributed by atoms with Gasteiger partial charge in [-0.2, -0.15) is 0 Å². The smallest absolute Gasteiger partial charge is 0.150 e. The molecule has 0 unspecified atom stereocenters. The summed E-state index contributed by atoms with van der Waals surface area (Å²) in [5.41, 5.74) is 2.70. The van der Waals surface area contributed by atoms with E-state index in [9.17, 15) is 4.79 Å². The topological polar surface area (TPSA) is 30.0 Å². The van der Waals surface area contributed by atoms with Crippen LogP contribution in [0.5, 0.6) is 0 Å². The molecule has 88 valence electrons. The predicted octanol–water partition coefficient (Wildman–Crippen LogP) is 4.54. The zero-order valence-corrected chi connectivity index (χ0v) is 11.7. The molecule has 0 N–H and O–H groups in total. The summed E-state index contributed by atoms with van der Waals surface area (Å²) in [5.74, 6) is 0. The first-order valence-corrected chi connectivity index (χ1v) is 6.99. The van der Waals surface area contributed by atoms with E-state index < -0.39 is 0 Å². The summed E-state index contributed by atoms with van der Waals surface area (Å²) in [4.78, 5) is 15.3. The van der Waals surface area contributed by atoms with Gasteiger partial charge in [-0.25, -0.2) is 4.98 Å². The number of thiazole rings is 1. The van der Waals surface area contributed by atoms with E-state index in [0.717, 1.165) is 31.5 Å². The van der Waals surface area contributed by atoms with Crippen molar-refractivity contribution >= 4 is 43.8 Å². The Labute approximate surface area is 116 Å². The predicted molar refractivity (Wildman–Crippen MR) is 78.1 cm³/mol. The van der Waals surface area contributed by atoms with Gasteiger partial charge >= 0.3 is 0 Å². The van der Waals surface area contributed by atoms with Crippen molar-refractivity contribution in [3.05, 3.63) is 52.5 Å². The first kappa shape index (κ1) is 11.6. The summed E-state index contributed by atoms with van der Waals surface area (Å²) in [7, 11) is 0. The molecule has 0 spiro atoms. The van der Waals surface area contributed by atoms with E-state index in [1.165, 1.54) is 0 Å². The maximum atomic E-state index is 10.7. The third kappa shape index (κ3) is 2.09. The number of aldehydes is 1. The second-order valence-corrected chi connectivity index (χ2v) is 5.82. The molecular weight excluding hydrogens is 310 g/mol. The van der Waals surface area contributed by atoms with Crippen molar-refractivity contribution in [3.63, 3.8) is 0 Å². The Hall–Kier alpha value is -1.52. The highest BCUT2D eigenvalue weighted by atomic mass is 79.9. The Morgan fingerprint density at radius 1 is 1.17 bits per heavy atom. The number of aromatic nitrogens is 1. The normalized spacial score (nSPS) is 10.7. The summed E-state index contributed by atoms with van der Waals surface area (Å²) in [6.45, 7) is 0. The largest absolute Gasteiger partial charge is 0.298 e. The first-order valence-electron chi connectivity index (χ1n) is 5.38. The first-order chi connectivity index (χ1) is 8.76. The van der Waals surface area contributed by atoms with Crippen LogP contribution in [0.25, 0.3) is 20.8 Å². The maximum Gasteiger partial charge on any atom is 0.150 e. The summed E-state index contributed by atoms with van der Waals surface area (Å²) < 4.78 is 2.07. The summed E-state index contributed by atoms with van der Waals surface area (Å²) in [6.07, 6.45) is 0.859. The number of halogens is 1. The molecule has 1 aromatic heterocycles. The van der Waals surface area contributed by atoms with Crippen molar-refractivity contribution in [2.45, 2.75) is 0 Å². The SMILES string of the molecule is O=Cc1ccc2nc(-c3cccc(Br)c3)sc2c1. The number of carbonyl (C=O) groups excluding carboxylic acids is 1. The number of hydrogen-bond acceptors (Lipinski definition) is 3. The van der Waals surface area contributed by atoms with Crippen molar-refractivity contribution < 1.29 is 4.79 Å². The number of rotatable bonds is 2. The van der Waals surface area contributed by atoms with E-state index >= 15 is 0 Å². The van der Waals surface area contributed by atoms with Gasteiger partial charge in [0.15, 0.2) is 0 Å². The molecule has 1 heterocycles. The standard InChI is InChI=1S/C14H8BrNOS/c15-11-3-1-2-10(7-11)14-16-12-5-4-9(8-17)6-13(12)18-14/h1-8H. The molecule has 3 rings (SSSR count). The van der Waals surface area contributed by atoms with Crippen molar-refractivity contribution in [1.82, 2.24) is 4.98 Å². The van der Waals surface area contributed by atoms with E-state index in [1.54, 1.807) is 17.4 Å². The van der Waals surface area contributed by atoms with Crippen LogP contribution in [-0.4, -0.2) is 11.3 Å². The second kappa shape index (κ2) is 4.63. The van der Waals surface area contributed by atoms with Crippen molar-refractivity contribution in [2.24, 2.45) is 0 Å². The fraction of sp³-hybridized carbons (Fsp3) is 0. The van der Waals surface area contributed by atoms with E-state index in [2.05, 4.69) is 20.9 Å². The minimum absolute atomic E-state index is 0.687. The lowest BCUT2D eigenvalue weighted by Crippen LogP contribution is -1.77. The monoisotopic (exact) mass is 317 g/mol. The van der Waals surface area contributed by atoms with Gasteiger partial charge in [0, 0.05) is 15.6 Å². The van der Waals surface area contributed by atoms with Crippen molar-refractivity contribution in [1.29, 1.82) is 0 Å². The molecule has 0 amide bonds. The molecule has 0 aliphatic carbocycles. The molecule has 3 aromatic rings. The molecular formula is C14H8BrNOS. The third-order valence-corrected chi connectivity index (χ3v) is 4.18. The molecule has 0 aliphatic rings. The second-order valence-electron chi connectivity index (χ2n) is 3.87. The average Bonchev–Trinajstić information content (AvgIpc) is 2.81. The number of carbonyl (C=O) groups is 1. The summed E-state index contributed by atoms with van der Waals surface area (Å²) in [5, 5.41) is 0.967. The maximum absolute atomic E-state index is 10.7. The van der Waals surface area contributed by atoms with Crippen LogP contribution >= 0.6 is 27.3 Å². The number of fused-ring (bicyclic) bond motifs is 1. The molecule has 0 saturated carbocycles. The number of benzene rings is 2. The summed E-state index contributed by atoms with van der Waals surface area (Å²) >= 11 is 5.05. The van der Waals surface area contributed by atoms with Crippen molar-refractivity contribution in [3.8, 4) is 10.6 Å². The van der Waals surface area contributed by atoms with E-state index in [4.69, 9.17) is 0 Å². The highest BCUT2D eigenvalue weighted by molar-refractivity contribution is 9.10.